The summed E-state index contributed by atoms with van der Waals surface area (Å²) in [6.45, 7) is 4.56. The van der Waals surface area contributed by atoms with Gasteiger partial charge in [0, 0.05) is 29.0 Å². The highest BCUT2D eigenvalue weighted by atomic mass is 16.5. The summed E-state index contributed by atoms with van der Waals surface area (Å²) in [5.41, 5.74) is 6.34. The number of hydrogen-bond acceptors (Lipinski definition) is 5. The summed E-state index contributed by atoms with van der Waals surface area (Å²) >= 11 is 0. The van der Waals surface area contributed by atoms with Crippen LogP contribution >= 0.6 is 0 Å². The maximum absolute atomic E-state index is 10.8. The Bertz CT molecular complexity index is 1220. The maximum atomic E-state index is 10.8. The van der Waals surface area contributed by atoms with Crippen LogP contribution in [0.4, 0.5) is 0 Å². The first-order chi connectivity index (χ1) is 15.1. The van der Waals surface area contributed by atoms with Crippen molar-refractivity contribution in [2.24, 2.45) is 0 Å². The molecule has 0 atom stereocenters. The fourth-order valence-corrected chi connectivity index (χ4v) is 3.53. The van der Waals surface area contributed by atoms with Crippen molar-refractivity contribution in [3.63, 3.8) is 0 Å². The molecule has 5 nitrogen and oxygen atoms in total. The minimum Gasteiger partial charge on any atom is -0.507 e. The van der Waals surface area contributed by atoms with Gasteiger partial charge in [-0.2, -0.15) is 0 Å². The molecule has 0 aliphatic rings. The average molecular weight is 412 g/mol. The van der Waals surface area contributed by atoms with Gasteiger partial charge in [0.05, 0.1) is 12.8 Å². The van der Waals surface area contributed by atoms with Gasteiger partial charge in [0.2, 0.25) is 0 Å². The number of aromatic nitrogens is 2. The third kappa shape index (κ3) is 4.36. The van der Waals surface area contributed by atoms with Crippen LogP contribution < -0.4 is 9.47 Å². The SMILES string of the molecule is COc1ccccc1-c1cncnc1-c1ccc(OCc2cc(C)ccc2C)cc1O. The summed E-state index contributed by atoms with van der Waals surface area (Å²) in [5, 5.41) is 10.8. The molecule has 1 N–H and O–H groups in total. The largest absolute Gasteiger partial charge is 0.507 e. The number of aryl methyl sites for hydroxylation is 2. The van der Waals surface area contributed by atoms with Gasteiger partial charge in [-0.15, -0.1) is 0 Å². The van der Waals surface area contributed by atoms with Crippen molar-refractivity contribution >= 4 is 0 Å². The van der Waals surface area contributed by atoms with Crippen LogP contribution in [0.2, 0.25) is 0 Å². The van der Waals surface area contributed by atoms with E-state index in [-0.39, 0.29) is 5.75 Å². The third-order valence-electron chi connectivity index (χ3n) is 5.23. The molecule has 0 saturated heterocycles. The molecular formula is C26H24N2O3. The first-order valence-corrected chi connectivity index (χ1v) is 10.0. The van der Waals surface area contributed by atoms with Gasteiger partial charge < -0.3 is 14.6 Å². The molecule has 0 fully saturated rings. The second kappa shape index (κ2) is 8.88. The molecule has 0 aliphatic heterocycles. The smallest absolute Gasteiger partial charge is 0.128 e. The molecule has 3 aromatic carbocycles. The molecular weight excluding hydrogens is 388 g/mol. The predicted octanol–water partition coefficient (Wildman–Crippen LogP) is 5.72. The van der Waals surface area contributed by atoms with E-state index in [1.165, 1.54) is 17.5 Å². The Morgan fingerprint density at radius 1 is 0.903 bits per heavy atom. The number of nitrogens with zero attached hydrogens (tertiary/aromatic N) is 2. The molecule has 0 aliphatic carbocycles. The Morgan fingerprint density at radius 2 is 1.74 bits per heavy atom. The molecule has 0 amide bonds. The fraction of sp³-hybridized carbons (Fsp3) is 0.154. The van der Waals surface area contributed by atoms with Gasteiger partial charge in [-0.05, 0) is 43.2 Å². The highest BCUT2D eigenvalue weighted by molar-refractivity contribution is 5.85. The van der Waals surface area contributed by atoms with Crippen molar-refractivity contribution in [2.75, 3.05) is 7.11 Å². The van der Waals surface area contributed by atoms with E-state index in [4.69, 9.17) is 9.47 Å². The van der Waals surface area contributed by atoms with Gasteiger partial charge in [0.15, 0.2) is 0 Å². The lowest BCUT2D eigenvalue weighted by Crippen LogP contribution is -1.99. The van der Waals surface area contributed by atoms with Crippen LogP contribution in [0.3, 0.4) is 0 Å². The van der Waals surface area contributed by atoms with Crippen LogP contribution in [0.15, 0.2) is 73.2 Å². The number of methoxy groups -OCH3 is 1. The summed E-state index contributed by atoms with van der Waals surface area (Å²) in [6, 6.07) is 19.2. The molecule has 1 heterocycles. The Kier molecular flexibility index (Phi) is 5.85. The zero-order valence-corrected chi connectivity index (χ0v) is 17.8. The Morgan fingerprint density at radius 3 is 2.55 bits per heavy atom. The topological polar surface area (TPSA) is 64.5 Å². The van der Waals surface area contributed by atoms with Gasteiger partial charge >= 0.3 is 0 Å². The van der Waals surface area contributed by atoms with E-state index >= 15 is 0 Å². The monoisotopic (exact) mass is 412 g/mol. The normalized spacial score (nSPS) is 10.7. The highest BCUT2D eigenvalue weighted by Gasteiger charge is 2.16. The molecule has 5 heteroatoms. The molecule has 31 heavy (non-hydrogen) atoms. The molecule has 4 aromatic rings. The van der Waals surface area contributed by atoms with Crippen LogP contribution in [0.5, 0.6) is 17.2 Å². The fourth-order valence-electron chi connectivity index (χ4n) is 3.53. The van der Waals surface area contributed by atoms with E-state index in [2.05, 4.69) is 42.0 Å². The minimum atomic E-state index is 0.0910. The number of para-hydroxylation sites is 1. The maximum Gasteiger partial charge on any atom is 0.128 e. The Hall–Kier alpha value is -3.86. The summed E-state index contributed by atoms with van der Waals surface area (Å²) < 4.78 is 11.4. The molecule has 0 unspecified atom stereocenters. The standard InChI is InChI=1S/C26H24N2O3/c1-17-8-9-18(2)19(12-17)15-31-20-10-11-22(24(29)13-20)26-23(14-27-16-28-26)21-6-4-5-7-25(21)30-3/h4-14,16,29H,15H2,1-3H3. The second-order valence-electron chi connectivity index (χ2n) is 7.38. The number of ether oxygens (including phenoxy) is 2. The summed E-state index contributed by atoms with van der Waals surface area (Å²) in [5.74, 6) is 1.40. The lowest BCUT2D eigenvalue weighted by molar-refractivity contribution is 0.303. The van der Waals surface area contributed by atoms with Crippen molar-refractivity contribution in [3.8, 4) is 39.6 Å². The Balaban J connectivity index is 1.64. The van der Waals surface area contributed by atoms with E-state index in [0.29, 0.717) is 29.4 Å². The first-order valence-electron chi connectivity index (χ1n) is 10.0. The summed E-state index contributed by atoms with van der Waals surface area (Å²) in [6.07, 6.45) is 3.20. The van der Waals surface area contributed by atoms with Crippen LogP contribution in [-0.4, -0.2) is 22.2 Å². The molecule has 156 valence electrons. The number of benzene rings is 3. The van der Waals surface area contributed by atoms with Crippen molar-refractivity contribution in [3.05, 3.63) is 89.9 Å². The van der Waals surface area contributed by atoms with E-state index in [1.807, 2.05) is 36.4 Å². The molecule has 4 rings (SSSR count). The van der Waals surface area contributed by atoms with E-state index in [0.717, 1.165) is 16.7 Å². The molecule has 0 bridgehead atoms. The number of hydrogen-bond donors (Lipinski definition) is 1. The highest BCUT2D eigenvalue weighted by Crippen LogP contribution is 2.39. The van der Waals surface area contributed by atoms with E-state index in [9.17, 15) is 5.11 Å². The van der Waals surface area contributed by atoms with Gasteiger partial charge in [-0.25, -0.2) is 9.97 Å². The van der Waals surface area contributed by atoms with Gasteiger partial charge in [-0.3, -0.25) is 0 Å². The quantitative estimate of drug-likeness (QED) is 0.439. The third-order valence-corrected chi connectivity index (χ3v) is 5.23. The first kappa shape index (κ1) is 20.4. The van der Waals surface area contributed by atoms with Crippen LogP contribution in [0.1, 0.15) is 16.7 Å². The Labute approximate surface area is 182 Å². The number of phenolic OH excluding ortho intramolecular Hbond substituents is 1. The number of rotatable bonds is 6. The zero-order chi connectivity index (χ0) is 21.8. The van der Waals surface area contributed by atoms with Crippen molar-refractivity contribution in [1.82, 2.24) is 9.97 Å². The second-order valence-corrected chi connectivity index (χ2v) is 7.38. The van der Waals surface area contributed by atoms with Crippen molar-refractivity contribution < 1.29 is 14.6 Å². The number of phenols is 1. The molecule has 0 saturated carbocycles. The van der Waals surface area contributed by atoms with Crippen LogP contribution in [0.25, 0.3) is 22.4 Å². The van der Waals surface area contributed by atoms with Crippen molar-refractivity contribution in [1.29, 1.82) is 0 Å². The van der Waals surface area contributed by atoms with E-state index in [1.54, 1.807) is 19.4 Å². The van der Waals surface area contributed by atoms with E-state index < -0.39 is 0 Å². The zero-order valence-electron chi connectivity index (χ0n) is 17.8. The van der Waals surface area contributed by atoms with Gasteiger partial charge in [-0.1, -0.05) is 42.0 Å². The van der Waals surface area contributed by atoms with Crippen LogP contribution in [-0.2, 0) is 6.61 Å². The average Bonchev–Trinajstić information content (AvgIpc) is 2.80. The summed E-state index contributed by atoms with van der Waals surface area (Å²) in [7, 11) is 1.63. The number of aromatic hydroxyl groups is 1. The van der Waals surface area contributed by atoms with Gasteiger partial charge in [0.25, 0.3) is 0 Å². The molecule has 0 radical (unpaired) electrons. The lowest BCUT2D eigenvalue weighted by Gasteiger charge is -2.14. The molecule has 1 aromatic heterocycles. The lowest BCUT2D eigenvalue weighted by atomic mass is 9.99. The molecule has 0 spiro atoms. The minimum absolute atomic E-state index is 0.0910. The van der Waals surface area contributed by atoms with Crippen molar-refractivity contribution in [2.45, 2.75) is 20.5 Å². The predicted molar refractivity (Wildman–Crippen MR) is 121 cm³/mol. The van der Waals surface area contributed by atoms with Gasteiger partial charge in [0.1, 0.15) is 30.2 Å². The van der Waals surface area contributed by atoms with Crippen LogP contribution in [0, 0.1) is 13.8 Å². The summed E-state index contributed by atoms with van der Waals surface area (Å²) in [4.78, 5) is 8.61.